The predicted molar refractivity (Wildman–Crippen MR) is 88.0 cm³/mol. The van der Waals surface area contributed by atoms with E-state index in [1.54, 1.807) is 32.4 Å². The molecule has 128 valence electrons. The topological polar surface area (TPSA) is 82.8 Å². The Morgan fingerprint density at radius 1 is 1.17 bits per heavy atom. The maximum atomic E-state index is 11.9. The van der Waals surface area contributed by atoms with Gasteiger partial charge in [0.2, 0.25) is 5.91 Å². The summed E-state index contributed by atoms with van der Waals surface area (Å²) < 4.78 is 16.0. The van der Waals surface area contributed by atoms with E-state index in [0.29, 0.717) is 42.7 Å². The van der Waals surface area contributed by atoms with Crippen molar-refractivity contribution in [3.63, 3.8) is 0 Å². The van der Waals surface area contributed by atoms with Crippen LogP contribution in [0.25, 0.3) is 0 Å². The van der Waals surface area contributed by atoms with Gasteiger partial charge in [-0.25, -0.2) is 0 Å². The van der Waals surface area contributed by atoms with Crippen molar-refractivity contribution in [3.8, 4) is 17.2 Å². The van der Waals surface area contributed by atoms with Crippen LogP contribution in [0.1, 0.15) is 25.7 Å². The number of hydrogen-bond acceptors (Lipinski definition) is 5. The van der Waals surface area contributed by atoms with Gasteiger partial charge in [-0.15, -0.1) is 0 Å². The van der Waals surface area contributed by atoms with Gasteiger partial charge in [0, 0.05) is 30.7 Å². The Hall–Kier alpha value is -1.95. The molecular formula is C17H26N2O4. The molecule has 0 radical (unpaired) electrons. The zero-order valence-electron chi connectivity index (χ0n) is 13.8. The highest BCUT2D eigenvalue weighted by Crippen LogP contribution is 2.27. The van der Waals surface area contributed by atoms with Gasteiger partial charge >= 0.3 is 0 Å². The maximum absolute atomic E-state index is 11.9. The molecule has 1 aromatic rings. The molecule has 1 aliphatic carbocycles. The van der Waals surface area contributed by atoms with E-state index < -0.39 is 0 Å². The minimum Gasteiger partial charge on any atom is -0.496 e. The third-order valence-electron chi connectivity index (χ3n) is 4.18. The van der Waals surface area contributed by atoms with E-state index in [1.807, 2.05) is 0 Å². The van der Waals surface area contributed by atoms with Gasteiger partial charge in [-0.2, -0.15) is 0 Å². The summed E-state index contributed by atoms with van der Waals surface area (Å²) in [5.74, 6) is 2.34. The van der Waals surface area contributed by atoms with Crippen LogP contribution in [0, 0.1) is 5.92 Å². The number of carbonyl (C=O) groups excluding carboxylic acids is 1. The van der Waals surface area contributed by atoms with Gasteiger partial charge in [-0.1, -0.05) is 6.42 Å². The van der Waals surface area contributed by atoms with Gasteiger partial charge in [0.05, 0.1) is 20.8 Å². The molecule has 23 heavy (non-hydrogen) atoms. The summed E-state index contributed by atoms with van der Waals surface area (Å²) in [7, 11) is 3.18. The minimum atomic E-state index is 0.0409. The molecule has 3 N–H and O–H groups in total. The normalized spacial score (nSPS) is 20.1. The number of nitrogens with two attached hydrogens (primary N) is 1. The van der Waals surface area contributed by atoms with Crippen LogP contribution in [0.5, 0.6) is 17.2 Å². The number of nitrogens with one attached hydrogen (secondary N) is 1. The van der Waals surface area contributed by atoms with Crippen LogP contribution in [0.4, 0.5) is 0 Å². The summed E-state index contributed by atoms with van der Waals surface area (Å²) in [5.41, 5.74) is 5.98. The molecular weight excluding hydrogens is 296 g/mol. The lowest BCUT2D eigenvalue weighted by atomic mass is 10.00. The molecule has 1 fully saturated rings. The standard InChI is InChI=1S/C17H26N2O4/c1-21-13-9-14(22-2)11-15(10-13)23-7-6-19-17(20)8-12-4-3-5-16(12)18/h9-12,16H,3-8,18H2,1-2H3,(H,19,20)/t12-,16+/m0/s1. The summed E-state index contributed by atoms with van der Waals surface area (Å²) >= 11 is 0. The number of benzene rings is 1. The van der Waals surface area contributed by atoms with Gasteiger partial charge in [0.1, 0.15) is 23.9 Å². The fraction of sp³-hybridized carbons (Fsp3) is 0.588. The van der Waals surface area contributed by atoms with E-state index in [1.165, 1.54) is 0 Å². The van der Waals surface area contributed by atoms with Crippen molar-refractivity contribution in [2.45, 2.75) is 31.7 Å². The van der Waals surface area contributed by atoms with E-state index in [9.17, 15) is 4.79 Å². The smallest absolute Gasteiger partial charge is 0.220 e. The van der Waals surface area contributed by atoms with Gasteiger partial charge in [-0.3, -0.25) is 4.79 Å². The first-order chi connectivity index (χ1) is 11.1. The van der Waals surface area contributed by atoms with E-state index in [-0.39, 0.29) is 11.9 Å². The largest absolute Gasteiger partial charge is 0.496 e. The lowest BCUT2D eigenvalue weighted by Crippen LogP contribution is -2.33. The van der Waals surface area contributed by atoms with Crippen molar-refractivity contribution in [1.82, 2.24) is 5.32 Å². The van der Waals surface area contributed by atoms with Crippen LogP contribution < -0.4 is 25.3 Å². The SMILES string of the molecule is COc1cc(OC)cc(OCCNC(=O)C[C@@H]2CCC[C@H]2N)c1. The molecule has 1 saturated carbocycles. The summed E-state index contributed by atoms with van der Waals surface area (Å²) in [6.07, 6.45) is 3.71. The number of amides is 1. The Kier molecular flexibility index (Phi) is 6.52. The highest BCUT2D eigenvalue weighted by atomic mass is 16.5. The van der Waals surface area contributed by atoms with Crippen molar-refractivity contribution in [2.75, 3.05) is 27.4 Å². The minimum absolute atomic E-state index is 0.0409. The van der Waals surface area contributed by atoms with Crippen molar-refractivity contribution < 1.29 is 19.0 Å². The second kappa shape index (κ2) is 8.62. The number of ether oxygens (including phenoxy) is 3. The van der Waals surface area contributed by atoms with E-state index in [2.05, 4.69) is 5.32 Å². The van der Waals surface area contributed by atoms with Gasteiger partial charge in [-0.05, 0) is 18.8 Å². The second-order valence-corrected chi connectivity index (χ2v) is 5.81. The molecule has 0 spiro atoms. The van der Waals surface area contributed by atoms with Gasteiger partial charge in [0.15, 0.2) is 0 Å². The van der Waals surface area contributed by atoms with E-state index in [0.717, 1.165) is 19.3 Å². The van der Waals surface area contributed by atoms with E-state index in [4.69, 9.17) is 19.9 Å². The average molecular weight is 322 g/mol. The summed E-state index contributed by atoms with van der Waals surface area (Å²) in [5, 5.41) is 2.88. The first kappa shape index (κ1) is 17.4. The fourth-order valence-corrected chi connectivity index (χ4v) is 2.85. The second-order valence-electron chi connectivity index (χ2n) is 5.81. The Bertz CT molecular complexity index is 499. The highest BCUT2D eigenvalue weighted by molar-refractivity contribution is 5.76. The zero-order chi connectivity index (χ0) is 16.7. The third kappa shape index (κ3) is 5.32. The Morgan fingerprint density at radius 3 is 2.39 bits per heavy atom. The molecule has 2 atom stereocenters. The number of hydrogen-bond donors (Lipinski definition) is 2. The summed E-state index contributed by atoms with van der Waals surface area (Å²) in [4.78, 5) is 11.9. The molecule has 1 aromatic carbocycles. The Labute approximate surface area is 137 Å². The monoisotopic (exact) mass is 322 g/mol. The first-order valence-corrected chi connectivity index (χ1v) is 8.00. The number of methoxy groups -OCH3 is 2. The predicted octanol–water partition coefficient (Wildman–Crippen LogP) is 1.72. The van der Waals surface area contributed by atoms with Crippen LogP contribution in [-0.4, -0.2) is 39.3 Å². The van der Waals surface area contributed by atoms with Crippen LogP contribution in [-0.2, 0) is 4.79 Å². The van der Waals surface area contributed by atoms with E-state index >= 15 is 0 Å². The Balaban J connectivity index is 1.71. The molecule has 0 aliphatic heterocycles. The Morgan fingerprint density at radius 2 is 1.83 bits per heavy atom. The molecule has 0 bridgehead atoms. The molecule has 0 heterocycles. The molecule has 0 aromatic heterocycles. The molecule has 1 amide bonds. The summed E-state index contributed by atoms with van der Waals surface area (Å²) in [6.45, 7) is 0.846. The van der Waals surface area contributed by atoms with Crippen LogP contribution in [0.2, 0.25) is 0 Å². The average Bonchev–Trinajstić information content (AvgIpc) is 2.96. The van der Waals surface area contributed by atoms with Crippen molar-refractivity contribution in [3.05, 3.63) is 18.2 Å². The van der Waals surface area contributed by atoms with Gasteiger partial charge < -0.3 is 25.3 Å². The first-order valence-electron chi connectivity index (χ1n) is 8.00. The molecule has 0 saturated heterocycles. The molecule has 0 unspecified atom stereocenters. The van der Waals surface area contributed by atoms with Gasteiger partial charge in [0.25, 0.3) is 0 Å². The van der Waals surface area contributed by atoms with Crippen LogP contribution >= 0.6 is 0 Å². The number of carbonyl (C=O) groups is 1. The number of rotatable bonds is 8. The molecule has 2 rings (SSSR count). The maximum Gasteiger partial charge on any atom is 0.220 e. The lowest BCUT2D eigenvalue weighted by molar-refractivity contribution is -0.122. The third-order valence-corrected chi connectivity index (χ3v) is 4.18. The van der Waals surface area contributed by atoms with Crippen molar-refractivity contribution in [1.29, 1.82) is 0 Å². The molecule has 6 nitrogen and oxygen atoms in total. The van der Waals surface area contributed by atoms with Crippen molar-refractivity contribution in [2.24, 2.45) is 11.7 Å². The van der Waals surface area contributed by atoms with Crippen LogP contribution in [0.3, 0.4) is 0 Å². The molecule has 1 aliphatic rings. The quantitative estimate of drug-likeness (QED) is 0.712. The highest BCUT2D eigenvalue weighted by Gasteiger charge is 2.25. The van der Waals surface area contributed by atoms with Crippen LogP contribution in [0.15, 0.2) is 18.2 Å². The zero-order valence-corrected chi connectivity index (χ0v) is 13.8. The molecule has 6 heteroatoms. The fourth-order valence-electron chi connectivity index (χ4n) is 2.85. The lowest BCUT2D eigenvalue weighted by Gasteiger charge is -2.15. The van der Waals surface area contributed by atoms with Crippen molar-refractivity contribution >= 4 is 5.91 Å². The summed E-state index contributed by atoms with van der Waals surface area (Å²) in [6, 6.07) is 5.50.